The van der Waals surface area contributed by atoms with E-state index >= 15 is 0 Å². The van der Waals surface area contributed by atoms with Crippen molar-refractivity contribution in [1.29, 1.82) is 0 Å². The summed E-state index contributed by atoms with van der Waals surface area (Å²) in [5.41, 5.74) is 3.22. The van der Waals surface area contributed by atoms with Crippen molar-refractivity contribution in [2.75, 3.05) is 5.32 Å². The summed E-state index contributed by atoms with van der Waals surface area (Å²) in [6.45, 7) is 3.76. The first-order chi connectivity index (χ1) is 12.3. The lowest BCUT2D eigenvalue weighted by Crippen LogP contribution is -2.19. The molecule has 1 atom stereocenters. The molecule has 4 heterocycles. The summed E-state index contributed by atoms with van der Waals surface area (Å²) < 4.78 is 5.42. The first-order valence-electron chi connectivity index (χ1n) is 8.59. The normalized spacial score (nSPS) is 14.3. The standard InChI is InChI=1S/C19H21N5O/c1-13(4-5-15-3-2-10-25-15)22-19-16-11-21-12-17(16)23-18(24-19)14-6-8-20-9-7-14/h2-3,6-10,13,21H,4-5,11-12H2,1H3,(H,22,23,24). The van der Waals surface area contributed by atoms with Gasteiger partial charge >= 0.3 is 0 Å². The van der Waals surface area contributed by atoms with Crippen molar-refractivity contribution in [3.63, 3.8) is 0 Å². The van der Waals surface area contributed by atoms with Crippen molar-refractivity contribution < 1.29 is 4.42 Å². The summed E-state index contributed by atoms with van der Waals surface area (Å²) in [6.07, 6.45) is 7.14. The second-order valence-corrected chi connectivity index (χ2v) is 6.32. The Balaban J connectivity index is 1.55. The largest absolute Gasteiger partial charge is 0.469 e. The van der Waals surface area contributed by atoms with Crippen LogP contribution in [0.1, 0.15) is 30.4 Å². The molecule has 2 N–H and O–H groups in total. The maximum absolute atomic E-state index is 5.42. The van der Waals surface area contributed by atoms with E-state index in [0.717, 1.165) is 54.6 Å². The van der Waals surface area contributed by atoms with Crippen molar-refractivity contribution >= 4 is 5.82 Å². The van der Waals surface area contributed by atoms with Gasteiger partial charge in [-0.2, -0.15) is 0 Å². The van der Waals surface area contributed by atoms with Gasteiger partial charge in [-0.3, -0.25) is 4.98 Å². The monoisotopic (exact) mass is 335 g/mol. The van der Waals surface area contributed by atoms with E-state index in [1.807, 2.05) is 24.3 Å². The van der Waals surface area contributed by atoms with E-state index in [4.69, 9.17) is 14.4 Å². The van der Waals surface area contributed by atoms with Crippen LogP contribution in [0.5, 0.6) is 0 Å². The van der Waals surface area contributed by atoms with Crippen molar-refractivity contribution in [3.05, 3.63) is 59.9 Å². The number of fused-ring (bicyclic) bond motifs is 1. The van der Waals surface area contributed by atoms with Crippen LogP contribution < -0.4 is 10.6 Å². The molecule has 3 aromatic heterocycles. The Kier molecular flexibility index (Phi) is 4.43. The fraction of sp³-hybridized carbons (Fsp3) is 0.316. The molecule has 25 heavy (non-hydrogen) atoms. The van der Waals surface area contributed by atoms with Gasteiger partial charge in [-0.1, -0.05) is 0 Å². The smallest absolute Gasteiger partial charge is 0.161 e. The number of nitrogens with zero attached hydrogens (tertiary/aromatic N) is 3. The minimum atomic E-state index is 0.287. The first-order valence-corrected chi connectivity index (χ1v) is 8.59. The van der Waals surface area contributed by atoms with E-state index in [-0.39, 0.29) is 6.04 Å². The Hall–Kier alpha value is -2.73. The Morgan fingerprint density at radius 3 is 2.88 bits per heavy atom. The molecule has 1 unspecified atom stereocenters. The minimum Gasteiger partial charge on any atom is -0.469 e. The molecule has 6 heteroatoms. The molecular weight excluding hydrogens is 314 g/mol. The zero-order valence-electron chi connectivity index (χ0n) is 14.2. The molecule has 0 saturated carbocycles. The Labute approximate surface area is 146 Å². The molecule has 3 aromatic rings. The van der Waals surface area contributed by atoms with E-state index in [0.29, 0.717) is 0 Å². The van der Waals surface area contributed by atoms with Gasteiger partial charge in [0.1, 0.15) is 11.6 Å². The van der Waals surface area contributed by atoms with Crippen LogP contribution in [0.2, 0.25) is 0 Å². The third-order valence-electron chi connectivity index (χ3n) is 4.41. The summed E-state index contributed by atoms with van der Waals surface area (Å²) in [6, 6.07) is 8.11. The van der Waals surface area contributed by atoms with Crippen LogP contribution in [0.15, 0.2) is 47.3 Å². The Bertz CT molecular complexity index is 833. The van der Waals surface area contributed by atoms with Gasteiger partial charge in [0.25, 0.3) is 0 Å². The zero-order chi connectivity index (χ0) is 17.1. The van der Waals surface area contributed by atoms with Crippen molar-refractivity contribution in [2.45, 2.75) is 38.9 Å². The third kappa shape index (κ3) is 3.53. The van der Waals surface area contributed by atoms with Crippen LogP contribution in [0.4, 0.5) is 5.82 Å². The SMILES string of the molecule is CC(CCc1ccco1)Nc1nc(-c2ccncc2)nc2c1CNC2. The van der Waals surface area contributed by atoms with Gasteiger partial charge in [-0.25, -0.2) is 9.97 Å². The van der Waals surface area contributed by atoms with E-state index < -0.39 is 0 Å². The first kappa shape index (κ1) is 15.8. The van der Waals surface area contributed by atoms with Gasteiger partial charge < -0.3 is 15.1 Å². The van der Waals surface area contributed by atoms with Crippen LogP contribution in [0, 0.1) is 0 Å². The molecule has 0 fully saturated rings. The number of furan rings is 1. The van der Waals surface area contributed by atoms with E-state index in [1.165, 1.54) is 5.56 Å². The van der Waals surface area contributed by atoms with Crippen molar-refractivity contribution in [3.8, 4) is 11.4 Å². The van der Waals surface area contributed by atoms with E-state index in [1.54, 1.807) is 18.7 Å². The molecule has 128 valence electrons. The number of nitrogens with one attached hydrogen (secondary N) is 2. The number of rotatable bonds is 6. The summed E-state index contributed by atoms with van der Waals surface area (Å²) in [7, 11) is 0. The summed E-state index contributed by atoms with van der Waals surface area (Å²) in [5, 5.41) is 6.93. The second-order valence-electron chi connectivity index (χ2n) is 6.32. The third-order valence-corrected chi connectivity index (χ3v) is 4.41. The van der Waals surface area contributed by atoms with Crippen LogP contribution >= 0.6 is 0 Å². The number of hydrogen-bond acceptors (Lipinski definition) is 6. The lowest BCUT2D eigenvalue weighted by molar-refractivity contribution is 0.494. The predicted octanol–water partition coefficient (Wildman–Crippen LogP) is 3.17. The highest BCUT2D eigenvalue weighted by molar-refractivity contribution is 5.60. The number of hydrogen-bond donors (Lipinski definition) is 2. The highest BCUT2D eigenvalue weighted by atomic mass is 16.3. The fourth-order valence-corrected chi connectivity index (χ4v) is 3.04. The predicted molar refractivity (Wildman–Crippen MR) is 95.9 cm³/mol. The Morgan fingerprint density at radius 1 is 1.20 bits per heavy atom. The summed E-state index contributed by atoms with van der Waals surface area (Å²) in [5.74, 6) is 2.68. The highest BCUT2D eigenvalue weighted by Crippen LogP contribution is 2.26. The quantitative estimate of drug-likeness (QED) is 0.721. The molecular formula is C19H21N5O. The fourth-order valence-electron chi connectivity index (χ4n) is 3.04. The molecule has 6 nitrogen and oxygen atoms in total. The molecule has 4 rings (SSSR count). The number of anilines is 1. The summed E-state index contributed by atoms with van der Waals surface area (Å²) in [4.78, 5) is 13.6. The lowest BCUT2D eigenvalue weighted by atomic mass is 10.1. The topological polar surface area (TPSA) is 75.9 Å². The molecule has 1 aliphatic heterocycles. The minimum absolute atomic E-state index is 0.287. The van der Waals surface area contributed by atoms with Crippen LogP contribution in [-0.4, -0.2) is 21.0 Å². The van der Waals surface area contributed by atoms with E-state index in [2.05, 4.69) is 22.5 Å². The molecule has 0 saturated heterocycles. The molecule has 0 aliphatic carbocycles. The van der Waals surface area contributed by atoms with Crippen LogP contribution in [0.3, 0.4) is 0 Å². The zero-order valence-corrected chi connectivity index (χ0v) is 14.2. The second kappa shape index (κ2) is 7.03. The van der Waals surface area contributed by atoms with Gasteiger partial charge in [-0.15, -0.1) is 0 Å². The molecule has 0 amide bonds. The maximum Gasteiger partial charge on any atom is 0.161 e. The van der Waals surface area contributed by atoms with Gasteiger partial charge in [0.2, 0.25) is 0 Å². The van der Waals surface area contributed by atoms with Crippen LogP contribution in [-0.2, 0) is 19.5 Å². The number of pyridine rings is 1. The molecule has 0 bridgehead atoms. The van der Waals surface area contributed by atoms with Crippen molar-refractivity contribution in [1.82, 2.24) is 20.3 Å². The van der Waals surface area contributed by atoms with Crippen molar-refractivity contribution in [2.24, 2.45) is 0 Å². The number of aromatic nitrogens is 3. The van der Waals surface area contributed by atoms with Gasteiger partial charge in [-0.05, 0) is 37.6 Å². The summed E-state index contributed by atoms with van der Waals surface area (Å²) >= 11 is 0. The highest BCUT2D eigenvalue weighted by Gasteiger charge is 2.20. The van der Waals surface area contributed by atoms with Gasteiger partial charge in [0.05, 0.1) is 12.0 Å². The maximum atomic E-state index is 5.42. The molecule has 1 aliphatic rings. The molecule has 0 radical (unpaired) electrons. The van der Waals surface area contributed by atoms with Gasteiger partial charge in [0.15, 0.2) is 5.82 Å². The van der Waals surface area contributed by atoms with Crippen LogP contribution in [0.25, 0.3) is 11.4 Å². The Morgan fingerprint density at radius 2 is 2.08 bits per heavy atom. The molecule has 0 aromatic carbocycles. The van der Waals surface area contributed by atoms with E-state index in [9.17, 15) is 0 Å². The average molecular weight is 335 g/mol. The lowest BCUT2D eigenvalue weighted by Gasteiger charge is -2.17. The molecule has 0 spiro atoms. The number of aryl methyl sites for hydroxylation is 1. The average Bonchev–Trinajstić information content (AvgIpc) is 3.32. The van der Waals surface area contributed by atoms with Gasteiger partial charge in [0, 0.05) is 49.1 Å².